The second kappa shape index (κ2) is 13.4. The van der Waals surface area contributed by atoms with Crippen LogP contribution in [0.2, 0.25) is 0 Å². The van der Waals surface area contributed by atoms with Crippen molar-refractivity contribution in [1.29, 1.82) is 0 Å². The predicted molar refractivity (Wildman–Crippen MR) is 147 cm³/mol. The van der Waals surface area contributed by atoms with Gasteiger partial charge in [0.1, 0.15) is 5.82 Å². The van der Waals surface area contributed by atoms with E-state index in [4.69, 9.17) is 4.74 Å². The van der Waals surface area contributed by atoms with Gasteiger partial charge in [0.15, 0.2) is 0 Å². The number of benzene rings is 1. The van der Waals surface area contributed by atoms with Crippen LogP contribution in [0.25, 0.3) is 0 Å². The molecule has 2 aliphatic carbocycles. The molecule has 1 aromatic carbocycles. The molecule has 1 aromatic rings. The molecule has 196 valence electrons. The highest BCUT2D eigenvalue weighted by Crippen LogP contribution is 2.45. The number of hydrogen-bond acceptors (Lipinski definition) is 1. The van der Waals surface area contributed by atoms with Crippen molar-refractivity contribution in [2.24, 2.45) is 17.8 Å². The van der Waals surface area contributed by atoms with Gasteiger partial charge in [-0.05, 0) is 118 Å². The first-order valence-electron chi connectivity index (χ1n) is 15.1. The largest absolute Gasteiger partial charge is 0.378 e. The minimum Gasteiger partial charge on any atom is -0.378 e. The van der Waals surface area contributed by atoms with E-state index in [1.54, 1.807) is 0 Å². The first-order valence-corrected chi connectivity index (χ1v) is 15.1. The second-order valence-corrected chi connectivity index (χ2v) is 12.2. The summed E-state index contributed by atoms with van der Waals surface area (Å²) in [5, 5.41) is 0. The normalized spacial score (nSPS) is 31.9. The minimum atomic E-state index is 0.0560. The Morgan fingerprint density at radius 2 is 1.51 bits per heavy atom. The fourth-order valence-corrected chi connectivity index (χ4v) is 7.58. The molecule has 2 unspecified atom stereocenters. The standard InChI is InChI=1S/C33H51FO/c1-4-6-8-10-30-20-19-29(23-35-30)32-22-21-31(24(3)33(32)34)28-17-15-27(16-18-28)26-13-11-25(12-14-26)9-7-5-2/h5,21-22,25-30H,2,4,6-20,23H2,1,3H3. The highest BCUT2D eigenvalue weighted by molar-refractivity contribution is 5.37. The van der Waals surface area contributed by atoms with E-state index in [1.807, 2.05) is 6.92 Å². The molecular weight excluding hydrogens is 431 g/mol. The van der Waals surface area contributed by atoms with Gasteiger partial charge in [0.25, 0.3) is 0 Å². The van der Waals surface area contributed by atoms with Gasteiger partial charge >= 0.3 is 0 Å². The lowest BCUT2D eigenvalue weighted by atomic mass is 9.67. The average molecular weight is 483 g/mol. The van der Waals surface area contributed by atoms with Crippen LogP contribution in [0.3, 0.4) is 0 Å². The van der Waals surface area contributed by atoms with Gasteiger partial charge in [-0.25, -0.2) is 4.39 Å². The van der Waals surface area contributed by atoms with Crippen molar-refractivity contribution in [3.8, 4) is 0 Å². The van der Waals surface area contributed by atoms with Crippen molar-refractivity contribution < 1.29 is 9.13 Å². The highest BCUT2D eigenvalue weighted by Gasteiger charge is 2.32. The van der Waals surface area contributed by atoms with Gasteiger partial charge in [-0.3, -0.25) is 0 Å². The lowest BCUT2D eigenvalue weighted by Crippen LogP contribution is -2.26. The summed E-state index contributed by atoms with van der Waals surface area (Å²) in [5.41, 5.74) is 3.10. The maximum absolute atomic E-state index is 15.6. The quantitative estimate of drug-likeness (QED) is 0.238. The van der Waals surface area contributed by atoms with E-state index in [1.165, 1.54) is 95.5 Å². The van der Waals surface area contributed by atoms with E-state index in [9.17, 15) is 0 Å². The number of allylic oxidation sites excluding steroid dienone is 1. The molecule has 35 heavy (non-hydrogen) atoms. The molecule has 0 spiro atoms. The third-order valence-corrected chi connectivity index (χ3v) is 9.95. The summed E-state index contributed by atoms with van der Waals surface area (Å²) in [6.07, 6.45) is 23.0. The van der Waals surface area contributed by atoms with Crippen molar-refractivity contribution in [3.05, 3.63) is 47.3 Å². The molecule has 0 amide bonds. The third-order valence-electron chi connectivity index (χ3n) is 9.95. The van der Waals surface area contributed by atoms with Crippen molar-refractivity contribution in [3.63, 3.8) is 0 Å². The molecule has 0 N–H and O–H groups in total. The van der Waals surface area contributed by atoms with Gasteiger partial charge < -0.3 is 4.74 Å². The molecule has 1 aliphatic heterocycles. The maximum Gasteiger partial charge on any atom is 0.129 e. The Hall–Kier alpha value is -1.15. The smallest absolute Gasteiger partial charge is 0.129 e. The van der Waals surface area contributed by atoms with Gasteiger partial charge in [0.2, 0.25) is 0 Å². The molecule has 2 heteroatoms. The molecule has 1 heterocycles. The Kier molecular flexibility index (Phi) is 10.3. The topological polar surface area (TPSA) is 9.23 Å². The van der Waals surface area contributed by atoms with Crippen LogP contribution in [-0.2, 0) is 4.74 Å². The predicted octanol–water partition coefficient (Wildman–Crippen LogP) is 10.0. The van der Waals surface area contributed by atoms with Gasteiger partial charge in [-0.2, -0.15) is 0 Å². The molecular formula is C33H51FO. The van der Waals surface area contributed by atoms with E-state index >= 15 is 4.39 Å². The van der Waals surface area contributed by atoms with E-state index in [0.29, 0.717) is 18.6 Å². The SMILES string of the molecule is C=CCCC1CCC(C2CCC(c3ccc(C4CCC(CCCCC)OC4)c(F)c3C)CC2)CC1. The van der Waals surface area contributed by atoms with E-state index in [2.05, 4.69) is 31.7 Å². The van der Waals surface area contributed by atoms with Crippen LogP contribution < -0.4 is 0 Å². The second-order valence-electron chi connectivity index (χ2n) is 12.2. The van der Waals surface area contributed by atoms with E-state index in [0.717, 1.165) is 41.7 Å². The molecule has 1 nitrogen and oxygen atoms in total. The lowest BCUT2D eigenvalue weighted by Gasteiger charge is -2.38. The van der Waals surface area contributed by atoms with Crippen LogP contribution in [0.1, 0.15) is 138 Å². The van der Waals surface area contributed by atoms with Crippen LogP contribution in [0, 0.1) is 30.5 Å². The van der Waals surface area contributed by atoms with Gasteiger partial charge in [0.05, 0.1) is 12.7 Å². The Bertz CT molecular complexity index is 777. The summed E-state index contributed by atoms with van der Waals surface area (Å²) in [4.78, 5) is 0. The summed E-state index contributed by atoms with van der Waals surface area (Å²) < 4.78 is 21.7. The van der Waals surface area contributed by atoms with E-state index in [-0.39, 0.29) is 11.7 Å². The zero-order chi connectivity index (χ0) is 24.6. The molecule has 0 aromatic heterocycles. The van der Waals surface area contributed by atoms with Gasteiger partial charge in [-0.1, -0.05) is 57.2 Å². The minimum absolute atomic E-state index is 0.0560. The maximum atomic E-state index is 15.6. The van der Waals surface area contributed by atoms with Crippen LogP contribution >= 0.6 is 0 Å². The first-order chi connectivity index (χ1) is 17.1. The molecule has 3 fully saturated rings. The van der Waals surface area contributed by atoms with Crippen molar-refractivity contribution >= 4 is 0 Å². The number of hydrogen-bond donors (Lipinski definition) is 0. The highest BCUT2D eigenvalue weighted by atomic mass is 19.1. The summed E-state index contributed by atoms with van der Waals surface area (Å²) in [6.45, 7) is 8.85. The summed E-state index contributed by atoms with van der Waals surface area (Å²) in [7, 11) is 0. The number of unbranched alkanes of at least 4 members (excludes halogenated alkanes) is 2. The van der Waals surface area contributed by atoms with Crippen LogP contribution in [-0.4, -0.2) is 12.7 Å². The first kappa shape index (κ1) is 26.9. The Morgan fingerprint density at radius 3 is 2.14 bits per heavy atom. The Balaban J connectivity index is 1.27. The Morgan fingerprint density at radius 1 is 0.857 bits per heavy atom. The molecule has 3 aliphatic rings. The molecule has 0 bridgehead atoms. The van der Waals surface area contributed by atoms with Crippen LogP contribution in [0.5, 0.6) is 0 Å². The fraction of sp³-hybridized carbons (Fsp3) is 0.758. The molecule has 1 saturated heterocycles. The molecule has 2 saturated carbocycles. The monoisotopic (exact) mass is 482 g/mol. The zero-order valence-corrected chi connectivity index (χ0v) is 22.7. The van der Waals surface area contributed by atoms with E-state index < -0.39 is 0 Å². The van der Waals surface area contributed by atoms with Crippen molar-refractivity contribution in [1.82, 2.24) is 0 Å². The van der Waals surface area contributed by atoms with Gasteiger partial charge in [0, 0.05) is 5.92 Å². The summed E-state index contributed by atoms with van der Waals surface area (Å²) in [6, 6.07) is 4.39. The fourth-order valence-electron chi connectivity index (χ4n) is 7.58. The van der Waals surface area contributed by atoms with Crippen molar-refractivity contribution in [2.45, 2.75) is 135 Å². The molecule has 4 rings (SSSR count). The summed E-state index contributed by atoms with van der Waals surface area (Å²) in [5.74, 6) is 3.60. The van der Waals surface area contributed by atoms with Crippen molar-refractivity contribution in [2.75, 3.05) is 6.61 Å². The lowest BCUT2D eigenvalue weighted by molar-refractivity contribution is -0.00270. The number of halogens is 1. The van der Waals surface area contributed by atoms with Gasteiger partial charge in [-0.15, -0.1) is 6.58 Å². The average Bonchev–Trinajstić information content (AvgIpc) is 2.90. The Labute approximate surface area is 215 Å². The summed E-state index contributed by atoms with van der Waals surface area (Å²) >= 11 is 0. The third kappa shape index (κ3) is 7.00. The molecule has 0 radical (unpaired) electrons. The number of ether oxygens (including phenoxy) is 1. The van der Waals surface area contributed by atoms with Crippen LogP contribution in [0.15, 0.2) is 24.8 Å². The number of rotatable bonds is 10. The molecule has 2 atom stereocenters. The zero-order valence-electron chi connectivity index (χ0n) is 22.7. The van der Waals surface area contributed by atoms with Crippen LogP contribution in [0.4, 0.5) is 4.39 Å².